The molecule has 2 aromatic rings. The number of anilines is 3. The molecule has 5 rings (SSSR count). The van der Waals surface area contributed by atoms with Gasteiger partial charge >= 0.3 is 0 Å². The lowest BCUT2D eigenvalue weighted by Gasteiger charge is -2.32. The zero-order valence-electron chi connectivity index (χ0n) is 20.6. The summed E-state index contributed by atoms with van der Waals surface area (Å²) in [5, 5.41) is 18.1. The molecule has 3 N–H and O–H groups in total. The first-order valence-corrected chi connectivity index (χ1v) is 12.9. The van der Waals surface area contributed by atoms with Crippen LogP contribution in [-0.2, 0) is 26.2 Å². The van der Waals surface area contributed by atoms with E-state index in [1.54, 1.807) is 0 Å². The van der Waals surface area contributed by atoms with Gasteiger partial charge in [-0.15, -0.1) is 5.10 Å². The van der Waals surface area contributed by atoms with Crippen LogP contribution in [0.25, 0.3) is 0 Å². The number of rotatable bonds is 6. The molecule has 1 saturated carbocycles. The minimum Gasteiger partial charge on any atom is -0.381 e. The van der Waals surface area contributed by atoms with Crippen LogP contribution in [0, 0.1) is 11.8 Å². The fourth-order valence-electron chi connectivity index (χ4n) is 5.74. The average molecular weight is 478 g/mol. The van der Waals surface area contributed by atoms with Gasteiger partial charge in [0.25, 0.3) is 0 Å². The van der Waals surface area contributed by atoms with Gasteiger partial charge < -0.3 is 20.7 Å². The van der Waals surface area contributed by atoms with E-state index in [-0.39, 0.29) is 17.7 Å². The van der Waals surface area contributed by atoms with E-state index in [1.807, 2.05) is 37.3 Å². The number of ether oxygens (including phenoxy) is 1. The van der Waals surface area contributed by atoms with Gasteiger partial charge in [0.1, 0.15) is 11.9 Å². The highest BCUT2D eigenvalue weighted by atomic mass is 16.5. The van der Waals surface area contributed by atoms with Crippen molar-refractivity contribution in [1.82, 2.24) is 10.2 Å². The van der Waals surface area contributed by atoms with Gasteiger partial charge in [0.05, 0.1) is 11.1 Å². The topological polar surface area (TPSA) is 105 Å². The lowest BCUT2D eigenvalue weighted by Crippen LogP contribution is -2.42. The van der Waals surface area contributed by atoms with Crippen LogP contribution in [0.2, 0.25) is 0 Å². The predicted molar refractivity (Wildman–Crippen MR) is 135 cm³/mol. The molecule has 1 unspecified atom stereocenters. The van der Waals surface area contributed by atoms with Crippen LogP contribution in [0.4, 0.5) is 17.2 Å². The summed E-state index contributed by atoms with van der Waals surface area (Å²) >= 11 is 0. The molecule has 8 heteroatoms. The predicted octanol–water partition coefficient (Wildman–Crippen LogP) is 4.28. The number of amides is 2. The molecule has 0 bridgehead atoms. The van der Waals surface area contributed by atoms with Crippen molar-refractivity contribution in [3.63, 3.8) is 0 Å². The number of aromatic nitrogens is 2. The molecule has 1 aromatic carbocycles. The molecule has 3 aliphatic rings. The quantitative estimate of drug-likeness (QED) is 0.573. The van der Waals surface area contributed by atoms with E-state index in [0.29, 0.717) is 43.5 Å². The Morgan fingerprint density at radius 1 is 1.14 bits per heavy atom. The van der Waals surface area contributed by atoms with Crippen LogP contribution >= 0.6 is 0 Å². The van der Waals surface area contributed by atoms with E-state index in [2.05, 4.69) is 33.1 Å². The molecule has 8 nitrogen and oxygen atoms in total. The molecule has 186 valence electrons. The van der Waals surface area contributed by atoms with Crippen molar-refractivity contribution in [1.29, 1.82) is 0 Å². The van der Waals surface area contributed by atoms with Crippen molar-refractivity contribution in [2.24, 2.45) is 11.8 Å². The fourth-order valence-corrected chi connectivity index (χ4v) is 5.74. The third kappa shape index (κ3) is 4.76. The van der Waals surface area contributed by atoms with E-state index >= 15 is 0 Å². The fraction of sp³-hybridized carbons (Fsp3) is 0.556. The molecule has 1 saturated heterocycles. The molecule has 2 amide bonds. The van der Waals surface area contributed by atoms with Crippen molar-refractivity contribution in [3.8, 4) is 0 Å². The summed E-state index contributed by atoms with van der Waals surface area (Å²) in [4.78, 5) is 26.4. The van der Waals surface area contributed by atoms with Crippen LogP contribution < -0.4 is 16.0 Å². The maximum Gasteiger partial charge on any atom is 0.247 e. The zero-order chi connectivity index (χ0) is 24.4. The summed E-state index contributed by atoms with van der Waals surface area (Å²) in [6.45, 7) is 5.48. The van der Waals surface area contributed by atoms with Crippen molar-refractivity contribution in [3.05, 3.63) is 41.6 Å². The monoisotopic (exact) mass is 477 g/mol. The molecule has 1 aromatic heterocycles. The molecule has 2 fully saturated rings. The SMILES string of the molecule is CCc1ccc(NC(C(=O)Nc2ccc3c(c2)NC(=O)C32CCOCC2)C2CCC(C)CC2)nn1. The lowest BCUT2D eigenvalue weighted by atomic mass is 9.75. The van der Waals surface area contributed by atoms with Crippen LogP contribution in [0.3, 0.4) is 0 Å². The Bertz CT molecular complexity index is 1070. The third-order valence-corrected chi connectivity index (χ3v) is 8.03. The Labute approximate surface area is 206 Å². The first-order valence-electron chi connectivity index (χ1n) is 12.9. The van der Waals surface area contributed by atoms with Crippen molar-refractivity contribution in [2.75, 3.05) is 29.2 Å². The van der Waals surface area contributed by atoms with Crippen LogP contribution in [-0.4, -0.2) is 41.3 Å². The number of nitrogens with one attached hydrogen (secondary N) is 3. The number of carbonyl (C=O) groups excluding carboxylic acids is 2. The molecular formula is C27H35N5O3. The average Bonchev–Trinajstić information content (AvgIpc) is 3.13. The van der Waals surface area contributed by atoms with E-state index < -0.39 is 11.5 Å². The van der Waals surface area contributed by atoms with Gasteiger partial charge in [0, 0.05) is 24.6 Å². The van der Waals surface area contributed by atoms with Crippen molar-refractivity contribution < 1.29 is 14.3 Å². The molecule has 1 atom stereocenters. The molecule has 1 aliphatic carbocycles. The smallest absolute Gasteiger partial charge is 0.247 e. The second-order valence-corrected chi connectivity index (χ2v) is 10.3. The molecule has 3 heterocycles. The van der Waals surface area contributed by atoms with Gasteiger partial charge in [-0.25, -0.2) is 0 Å². The van der Waals surface area contributed by atoms with Crippen molar-refractivity contribution in [2.45, 2.75) is 70.3 Å². The Morgan fingerprint density at radius 3 is 2.60 bits per heavy atom. The van der Waals surface area contributed by atoms with Gasteiger partial charge in [-0.2, -0.15) is 5.10 Å². The first-order chi connectivity index (χ1) is 17.0. The number of hydrogen-bond donors (Lipinski definition) is 3. The number of carbonyl (C=O) groups is 2. The van der Waals surface area contributed by atoms with E-state index in [9.17, 15) is 9.59 Å². The number of benzene rings is 1. The molecule has 35 heavy (non-hydrogen) atoms. The minimum absolute atomic E-state index is 0.0317. The maximum atomic E-state index is 13.6. The van der Waals surface area contributed by atoms with Crippen molar-refractivity contribution >= 4 is 29.0 Å². The van der Waals surface area contributed by atoms with E-state index in [4.69, 9.17) is 4.74 Å². The largest absolute Gasteiger partial charge is 0.381 e. The van der Waals surface area contributed by atoms with Crippen LogP contribution in [0.15, 0.2) is 30.3 Å². The number of aryl methyl sites for hydroxylation is 1. The third-order valence-electron chi connectivity index (χ3n) is 8.03. The van der Waals surface area contributed by atoms with Crippen LogP contribution in [0.5, 0.6) is 0 Å². The molecule has 2 aliphatic heterocycles. The van der Waals surface area contributed by atoms with Gasteiger partial charge in [0.15, 0.2) is 0 Å². The lowest BCUT2D eigenvalue weighted by molar-refractivity contribution is -0.124. The second-order valence-electron chi connectivity index (χ2n) is 10.3. The Kier molecular flexibility index (Phi) is 6.73. The highest BCUT2D eigenvalue weighted by Gasteiger charge is 2.47. The van der Waals surface area contributed by atoms with E-state index in [1.165, 1.54) is 0 Å². The summed E-state index contributed by atoms with van der Waals surface area (Å²) in [5.41, 5.74) is 2.88. The second kappa shape index (κ2) is 9.93. The van der Waals surface area contributed by atoms with Gasteiger partial charge in [-0.1, -0.05) is 32.8 Å². The van der Waals surface area contributed by atoms with E-state index in [0.717, 1.165) is 49.0 Å². The number of fused-ring (bicyclic) bond motifs is 2. The van der Waals surface area contributed by atoms with Gasteiger partial charge in [-0.3, -0.25) is 9.59 Å². The highest BCUT2D eigenvalue weighted by Crippen LogP contribution is 2.45. The first kappa shape index (κ1) is 23.7. The summed E-state index contributed by atoms with van der Waals surface area (Å²) in [5.74, 6) is 1.47. The Hall–Kier alpha value is -3.00. The van der Waals surface area contributed by atoms with Gasteiger partial charge in [0.2, 0.25) is 11.8 Å². The zero-order valence-corrected chi connectivity index (χ0v) is 20.6. The summed E-state index contributed by atoms with van der Waals surface area (Å²) in [7, 11) is 0. The molecular weight excluding hydrogens is 442 g/mol. The number of hydrogen-bond acceptors (Lipinski definition) is 6. The van der Waals surface area contributed by atoms with Crippen LogP contribution in [0.1, 0.15) is 63.6 Å². The molecule has 0 radical (unpaired) electrons. The molecule has 1 spiro atoms. The van der Waals surface area contributed by atoms with Gasteiger partial charge in [-0.05, 0) is 73.8 Å². The Morgan fingerprint density at radius 2 is 1.91 bits per heavy atom. The highest BCUT2D eigenvalue weighted by molar-refractivity contribution is 6.07. The maximum absolute atomic E-state index is 13.6. The Balaban J connectivity index is 1.35. The standard InChI is InChI=1S/C27H35N5O3/c1-3-19-9-11-23(32-31-19)30-24(18-6-4-17(2)5-7-18)25(33)28-20-8-10-21-22(16-20)29-26(34)27(21)12-14-35-15-13-27/h8-11,16-18,24H,3-7,12-15H2,1-2H3,(H,28,33)(H,29,34)(H,30,32). The summed E-state index contributed by atoms with van der Waals surface area (Å²) in [6, 6.07) is 9.20. The normalized spacial score (nSPS) is 23.9. The number of nitrogens with zero attached hydrogens (tertiary/aromatic N) is 2. The summed E-state index contributed by atoms with van der Waals surface area (Å²) < 4.78 is 5.49. The minimum atomic E-state index is -0.512. The summed E-state index contributed by atoms with van der Waals surface area (Å²) in [6.07, 6.45) is 6.42.